The Labute approximate surface area is 167 Å². The SMILES string of the molecule is Oc1cccc2c1CCN2CCOCCC(c1ccccc1)c1ccccc1. The van der Waals surface area contributed by atoms with E-state index in [9.17, 15) is 5.11 Å². The van der Waals surface area contributed by atoms with Gasteiger partial charge in [-0.25, -0.2) is 0 Å². The van der Waals surface area contributed by atoms with Gasteiger partial charge in [-0.15, -0.1) is 0 Å². The van der Waals surface area contributed by atoms with Crippen molar-refractivity contribution in [3.63, 3.8) is 0 Å². The molecule has 3 aromatic carbocycles. The van der Waals surface area contributed by atoms with Crippen LogP contribution < -0.4 is 4.90 Å². The van der Waals surface area contributed by atoms with Gasteiger partial charge in [0.25, 0.3) is 0 Å². The summed E-state index contributed by atoms with van der Waals surface area (Å²) in [7, 11) is 0. The van der Waals surface area contributed by atoms with E-state index >= 15 is 0 Å². The Morgan fingerprint density at radius 1 is 0.821 bits per heavy atom. The number of phenolic OH excluding ortho intramolecular Hbond substituents is 1. The van der Waals surface area contributed by atoms with E-state index in [-0.39, 0.29) is 0 Å². The van der Waals surface area contributed by atoms with E-state index in [0.717, 1.165) is 43.8 Å². The van der Waals surface area contributed by atoms with Gasteiger partial charge in [-0.1, -0.05) is 66.7 Å². The van der Waals surface area contributed by atoms with Gasteiger partial charge < -0.3 is 14.7 Å². The fourth-order valence-corrected chi connectivity index (χ4v) is 4.09. The lowest BCUT2D eigenvalue weighted by molar-refractivity contribution is 0.135. The normalized spacial score (nSPS) is 13.1. The van der Waals surface area contributed by atoms with E-state index in [2.05, 4.69) is 71.6 Å². The molecule has 1 N–H and O–H groups in total. The molecule has 28 heavy (non-hydrogen) atoms. The molecule has 0 amide bonds. The Bertz CT molecular complexity index is 840. The van der Waals surface area contributed by atoms with Crippen molar-refractivity contribution in [1.29, 1.82) is 0 Å². The maximum absolute atomic E-state index is 9.98. The minimum Gasteiger partial charge on any atom is -0.508 e. The Hall–Kier alpha value is -2.78. The van der Waals surface area contributed by atoms with E-state index in [1.165, 1.54) is 11.1 Å². The Balaban J connectivity index is 1.31. The highest BCUT2D eigenvalue weighted by Gasteiger charge is 2.21. The van der Waals surface area contributed by atoms with Crippen LogP contribution in [0, 0.1) is 0 Å². The standard InChI is InChI=1S/C25H27NO2/c27-25-13-7-12-24-23(25)14-16-26(24)17-19-28-18-15-22(20-8-3-1-4-9-20)21-10-5-2-6-11-21/h1-13,22,27H,14-19H2. The van der Waals surface area contributed by atoms with Crippen LogP contribution >= 0.6 is 0 Å². The van der Waals surface area contributed by atoms with E-state index in [0.29, 0.717) is 18.3 Å². The van der Waals surface area contributed by atoms with Gasteiger partial charge in [0.15, 0.2) is 0 Å². The van der Waals surface area contributed by atoms with Crippen molar-refractivity contribution in [2.75, 3.05) is 31.2 Å². The fourth-order valence-electron chi connectivity index (χ4n) is 4.09. The molecule has 0 spiro atoms. The molecule has 0 fully saturated rings. The zero-order chi connectivity index (χ0) is 19.2. The minimum atomic E-state index is 0.354. The highest BCUT2D eigenvalue weighted by molar-refractivity contribution is 5.62. The molecule has 1 heterocycles. The summed E-state index contributed by atoms with van der Waals surface area (Å²) in [6, 6.07) is 27.1. The quantitative estimate of drug-likeness (QED) is 0.565. The molecule has 3 heteroatoms. The van der Waals surface area contributed by atoms with Gasteiger partial charge in [0.1, 0.15) is 5.75 Å². The van der Waals surface area contributed by atoms with Crippen LogP contribution in [0.15, 0.2) is 78.9 Å². The van der Waals surface area contributed by atoms with Gasteiger partial charge in [0.2, 0.25) is 0 Å². The predicted molar refractivity (Wildman–Crippen MR) is 114 cm³/mol. The van der Waals surface area contributed by atoms with Gasteiger partial charge in [0.05, 0.1) is 6.61 Å². The number of aromatic hydroxyl groups is 1. The first-order chi connectivity index (χ1) is 13.8. The van der Waals surface area contributed by atoms with Crippen LogP contribution in [0.3, 0.4) is 0 Å². The van der Waals surface area contributed by atoms with Crippen LogP contribution in [-0.4, -0.2) is 31.4 Å². The van der Waals surface area contributed by atoms with Crippen molar-refractivity contribution in [3.8, 4) is 5.75 Å². The number of anilines is 1. The molecule has 1 aliphatic heterocycles. The molecule has 0 aliphatic carbocycles. The number of fused-ring (bicyclic) bond motifs is 1. The molecule has 0 radical (unpaired) electrons. The van der Waals surface area contributed by atoms with E-state index in [1.54, 1.807) is 6.07 Å². The van der Waals surface area contributed by atoms with Gasteiger partial charge in [0, 0.05) is 36.9 Å². The summed E-state index contributed by atoms with van der Waals surface area (Å²) < 4.78 is 6.01. The second-order valence-electron chi connectivity index (χ2n) is 7.29. The fraction of sp³-hybridized carbons (Fsp3) is 0.280. The number of ether oxygens (including phenoxy) is 1. The van der Waals surface area contributed by atoms with Crippen LogP contribution in [0.25, 0.3) is 0 Å². The first kappa shape index (κ1) is 18.6. The van der Waals surface area contributed by atoms with Gasteiger partial charge >= 0.3 is 0 Å². The molecule has 4 rings (SSSR count). The second-order valence-corrected chi connectivity index (χ2v) is 7.29. The number of phenols is 1. The van der Waals surface area contributed by atoms with Crippen LogP contribution in [-0.2, 0) is 11.2 Å². The predicted octanol–water partition coefficient (Wildman–Crippen LogP) is 4.99. The molecule has 0 saturated carbocycles. The third kappa shape index (κ3) is 4.20. The van der Waals surface area contributed by atoms with Crippen LogP contribution in [0.1, 0.15) is 29.0 Å². The molecular weight excluding hydrogens is 346 g/mol. The molecule has 1 aliphatic rings. The first-order valence-electron chi connectivity index (χ1n) is 10.1. The van der Waals surface area contributed by atoms with E-state index < -0.39 is 0 Å². The second kappa shape index (κ2) is 8.94. The number of nitrogens with zero attached hydrogens (tertiary/aromatic N) is 1. The highest BCUT2D eigenvalue weighted by atomic mass is 16.5. The lowest BCUT2D eigenvalue weighted by atomic mass is 9.89. The average Bonchev–Trinajstić information content (AvgIpc) is 3.16. The lowest BCUT2D eigenvalue weighted by Crippen LogP contribution is -2.25. The van der Waals surface area contributed by atoms with Crippen LogP contribution in [0.2, 0.25) is 0 Å². The molecule has 0 bridgehead atoms. The maximum atomic E-state index is 9.98. The monoisotopic (exact) mass is 373 g/mol. The van der Waals surface area contributed by atoms with Gasteiger partial charge in [-0.2, -0.15) is 0 Å². The van der Waals surface area contributed by atoms with Crippen LogP contribution in [0.4, 0.5) is 5.69 Å². The summed E-state index contributed by atoms with van der Waals surface area (Å²) in [5, 5.41) is 9.98. The lowest BCUT2D eigenvalue weighted by Gasteiger charge is -2.21. The number of hydrogen-bond acceptors (Lipinski definition) is 3. The Kier molecular flexibility index (Phi) is 5.93. The summed E-state index contributed by atoms with van der Waals surface area (Å²) in [6.07, 6.45) is 1.87. The van der Waals surface area contributed by atoms with Crippen molar-refractivity contribution in [2.45, 2.75) is 18.8 Å². The molecule has 144 valence electrons. The molecule has 0 saturated heterocycles. The molecule has 0 atom stereocenters. The van der Waals surface area contributed by atoms with Crippen molar-refractivity contribution in [2.24, 2.45) is 0 Å². The molecular formula is C25H27NO2. The summed E-state index contributed by atoms with van der Waals surface area (Å²) in [5.74, 6) is 0.765. The number of benzene rings is 3. The molecule has 3 nitrogen and oxygen atoms in total. The van der Waals surface area contributed by atoms with E-state index in [1.807, 2.05) is 6.07 Å². The maximum Gasteiger partial charge on any atom is 0.120 e. The Morgan fingerprint density at radius 3 is 2.18 bits per heavy atom. The summed E-state index contributed by atoms with van der Waals surface area (Å²) >= 11 is 0. The zero-order valence-electron chi connectivity index (χ0n) is 16.1. The highest BCUT2D eigenvalue weighted by Crippen LogP contribution is 2.34. The smallest absolute Gasteiger partial charge is 0.120 e. The molecule has 0 unspecified atom stereocenters. The summed E-state index contributed by atoms with van der Waals surface area (Å²) in [5.41, 5.74) is 4.88. The third-order valence-corrected chi connectivity index (χ3v) is 5.56. The molecule has 0 aromatic heterocycles. The summed E-state index contributed by atoms with van der Waals surface area (Å²) in [4.78, 5) is 2.31. The summed E-state index contributed by atoms with van der Waals surface area (Å²) in [6.45, 7) is 3.24. The number of hydrogen-bond donors (Lipinski definition) is 1. The first-order valence-corrected chi connectivity index (χ1v) is 10.1. The molecule has 3 aromatic rings. The van der Waals surface area contributed by atoms with E-state index in [4.69, 9.17) is 4.74 Å². The zero-order valence-corrected chi connectivity index (χ0v) is 16.1. The van der Waals surface area contributed by atoms with Crippen molar-refractivity contribution in [1.82, 2.24) is 0 Å². The van der Waals surface area contributed by atoms with Crippen molar-refractivity contribution in [3.05, 3.63) is 95.6 Å². The van der Waals surface area contributed by atoms with Gasteiger partial charge in [-0.05, 0) is 36.1 Å². The van der Waals surface area contributed by atoms with Crippen molar-refractivity contribution < 1.29 is 9.84 Å². The largest absolute Gasteiger partial charge is 0.508 e. The van der Waals surface area contributed by atoms with Crippen molar-refractivity contribution >= 4 is 5.69 Å². The van der Waals surface area contributed by atoms with Crippen LogP contribution in [0.5, 0.6) is 5.75 Å². The minimum absolute atomic E-state index is 0.354. The Morgan fingerprint density at radius 2 is 1.50 bits per heavy atom. The third-order valence-electron chi connectivity index (χ3n) is 5.56. The topological polar surface area (TPSA) is 32.7 Å². The number of rotatable bonds is 8. The van der Waals surface area contributed by atoms with Gasteiger partial charge in [-0.3, -0.25) is 0 Å². The average molecular weight is 373 g/mol.